The van der Waals surface area contributed by atoms with Crippen LogP contribution in [0.4, 0.5) is 5.69 Å². The van der Waals surface area contributed by atoms with Gasteiger partial charge in [0.2, 0.25) is 0 Å². The van der Waals surface area contributed by atoms with Gasteiger partial charge in [-0.05, 0) is 5.56 Å². The number of rotatable bonds is 7. The number of nitro groups is 1. The van der Waals surface area contributed by atoms with Crippen LogP contribution in [0, 0.1) is 10.1 Å². The number of aliphatic carboxylic acids is 1. The van der Waals surface area contributed by atoms with Crippen LogP contribution in [0.25, 0.3) is 0 Å². The summed E-state index contributed by atoms with van der Waals surface area (Å²) in [6.45, 7) is 0.0940. The van der Waals surface area contributed by atoms with Crippen molar-refractivity contribution in [2.24, 2.45) is 0 Å². The normalized spacial score (nSPS) is 16.0. The van der Waals surface area contributed by atoms with Crippen LogP contribution in [-0.2, 0) is 16.1 Å². The summed E-state index contributed by atoms with van der Waals surface area (Å²) < 4.78 is 16.1. The number of nitro benzene ring substituents is 1. The van der Waals surface area contributed by atoms with Crippen molar-refractivity contribution in [3.05, 3.63) is 63.7 Å². The third kappa shape index (κ3) is 4.49. The molecule has 0 saturated carbocycles. The van der Waals surface area contributed by atoms with Crippen molar-refractivity contribution < 1.29 is 33.8 Å². The quantitative estimate of drug-likeness (QED) is 0.537. The molecule has 0 aromatic heterocycles. The fourth-order valence-electron chi connectivity index (χ4n) is 3.09. The second-order valence-corrected chi connectivity index (χ2v) is 6.48. The average molecular weight is 416 g/mol. The van der Waals surface area contributed by atoms with E-state index in [1.165, 1.54) is 13.2 Å². The molecule has 10 heteroatoms. The molecule has 1 unspecified atom stereocenters. The van der Waals surface area contributed by atoms with Crippen molar-refractivity contribution in [1.82, 2.24) is 4.90 Å². The van der Waals surface area contributed by atoms with Gasteiger partial charge in [0.1, 0.15) is 12.2 Å². The maximum Gasteiger partial charge on any atom is 0.328 e. The molecule has 158 valence electrons. The second-order valence-electron chi connectivity index (χ2n) is 6.48. The lowest BCUT2D eigenvalue weighted by Crippen LogP contribution is -2.52. The number of carboxylic acid groups (broad SMARTS) is 1. The van der Waals surface area contributed by atoms with Crippen molar-refractivity contribution in [3.8, 4) is 11.5 Å². The molecule has 1 heterocycles. The zero-order valence-corrected chi connectivity index (χ0v) is 16.1. The van der Waals surface area contributed by atoms with Gasteiger partial charge in [0.15, 0.2) is 17.5 Å². The van der Waals surface area contributed by atoms with E-state index in [9.17, 15) is 24.8 Å². The van der Waals surface area contributed by atoms with Crippen LogP contribution in [0.1, 0.15) is 15.9 Å². The molecule has 0 bridgehead atoms. The SMILES string of the molecule is COc1cc(C(=O)N2CCOCC2C(=O)O)c([N+](=O)[O-])cc1OCc1ccccc1. The standard InChI is InChI=1S/C20H20N2O8/c1-28-17-9-14(19(23)21-7-8-29-12-16(21)20(24)25)15(22(26)27)10-18(17)30-11-13-5-3-2-4-6-13/h2-6,9-10,16H,7-8,11-12H2,1H3,(H,24,25). The molecular weight excluding hydrogens is 396 g/mol. The number of ether oxygens (including phenoxy) is 3. The summed E-state index contributed by atoms with van der Waals surface area (Å²) in [6.07, 6.45) is 0. The highest BCUT2D eigenvalue weighted by Crippen LogP contribution is 2.36. The maximum atomic E-state index is 13.0. The number of carbonyl (C=O) groups is 2. The lowest BCUT2D eigenvalue weighted by atomic mass is 10.1. The van der Waals surface area contributed by atoms with E-state index in [2.05, 4.69) is 0 Å². The third-order valence-corrected chi connectivity index (χ3v) is 4.62. The van der Waals surface area contributed by atoms with E-state index in [4.69, 9.17) is 14.2 Å². The highest BCUT2D eigenvalue weighted by atomic mass is 16.6. The summed E-state index contributed by atoms with van der Waals surface area (Å²) in [5.41, 5.74) is 0.0662. The van der Waals surface area contributed by atoms with Crippen molar-refractivity contribution in [2.75, 3.05) is 26.9 Å². The van der Waals surface area contributed by atoms with E-state index in [0.29, 0.717) is 0 Å². The smallest absolute Gasteiger partial charge is 0.328 e. The molecule has 1 amide bonds. The summed E-state index contributed by atoms with van der Waals surface area (Å²) in [7, 11) is 1.35. The molecule has 1 fully saturated rings. The first-order chi connectivity index (χ1) is 14.4. The molecule has 30 heavy (non-hydrogen) atoms. The topological polar surface area (TPSA) is 128 Å². The van der Waals surface area contributed by atoms with Crippen LogP contribution in [0.2, 0.25) is 0 Å². The Kier molecular flexibility index (Phi) is 6.48. The number of amides is 1. The van der Waals surface area contributed by atoms with Gasteiger partial charge in [-0.3, -0.25) is 14.9 Å². The van der Waals surface area contributed by atoms with Crippen molar-refractivity contribution in [2.45, 2.75) is 12.6 Å². The molecule has 2 aromatic rings. The lowest BCUT2D eigenvalue weighted by Gasteiger charge is -2.32. The number of carboxylic acids is 1. The zero-order chi connectivity index (χ0) is 21.7. The van der Waals surface area contributed by atoms with E-state index in [1.807, 2.05) is 30.3 Å². The molecular formula is C20H20N2O8. The summed E-state index contributed by atoms with van der Waals surface area (Å²) in [6, 6.07) is 10.3. The van der Waals surface area contributed by atoms with E-state index in [0.717, 1.165) is 16.5 Å². The number of hydrogen-bond acceptors (Lipinski definition) is 7. The summed E-state index contributed by atoms with van der Waals surface area (Å²) >= 11 is 0. The predicted octanol–water partition coefficient (Wildman–Crippen LogP) is 2.11. The van der Waals surface area contributed by atoms with Gasteiger partial charge in [0.25, 0.3) is 11.6 Å². The minimum Gasteiger partial charge on any atom is -0.493 e. The molecule has 10 nitrogen and oxygen atoms in total. The Morgan fingerprint density at radius 2 is 2.00 bits per heavy atom. The highest BCUT2D eigenvalue weighted by Gasteiger charge is 2.36. The number of morpholine rings is 1. The summed E-state index contributed by atoms with van der Waals surface area (Å²) in [4.78, 5) is 36.5. The number of nitrogens with zero attached hydrogens (tertiary/aromatic N) is 2. The molecule has 1 aliphatic rings. The molecule has 0 radical (unpaired) electrons. The zero-order valence-electron chi connectivity index (χ0n) is 16.1. The number of benzene rings is 2. The second kappa shape index (κ2) is 9.23. The Hall–Kier alpha value is -3.66. The van der Waals surface area contributed by atoms with E-state index in [-0.39, 0.29) is 43.4 Å². The molecule has 0 spiro atoms. The third-order valence-electron chi connectivity index (χ3n) is 4.62. The largest absolute Gasteiger partial charge is 0.493 e. The van der Waals surface area contributed by atoms with Crippen molar-refractivity contribution in [1.29, 1.82) is 0 Å². The number of carbonyl (C=O) groups excluding carboxylic acids is 1. The Bertz CT molecular complexity index is 947. The molecule has 1 atom stereocenters. The molecule has 1 saturated heterocycles. The first kappa shape index (κ1) is 21.1. The van der Waals surface area contributed by atoms with Gasteiger partial charge in [-0.2, -0.15) is 0 Å². The van der Waals surface area contributed by atoms with Gasteiger partial charge in [-0.1, -0.05) is 30.3 Å². The van der Waals surface area contributed by atoms with Crippen LogP contribution in [0.15, 0.2) is 42.5 Å². The van der Waals surface area contributed by atoms with E-state index < -0.39 is 28.5 Å². The van der Waals surface area contributed by atoms with Gasteiger partial charge >= 0.3 is 5.97 Å². The fraction of sp³-hybridized carbons (Fsp3) is 0.300. The maximum absolute atomic E-state index is 13.0. The number of methoxy groups -OCH3 is 1. The Morgan fingerprint density at radius 3 is 2.63 bits per heavy atom. The molecule has 2 aromatic carbocycles. The van der Waals surface area contributed by atoms with Gasteiger partial charge in [0.05, 0.1) is 31.3 Å². The van der Waals surface area contributed by atoms with Crippen LogP contribution >= 0.6 is 0 Å². The minimum absolute atomic E-state index is 0.00152. The Morgan fingerprint density at radius 1 is 1.27 bits per heavy atom. The van der Waals surface area contributed by atoms with Gasteiger partial charge in [-0.25, -0.2) is 4.79 Å². The van der Waals surface area contributed by atoms with Crippen LogP contribution < -0.4 is 9.47 Å². The molecule has 1 aliphatic heterocycles. The average Bonchev–Trinajstić information content (AvgIpc) is 2.77. The molecule has 1 N–H and O–H groups in total. The lowest BCUT2D eigenvalue weighted by molar-refractivity contribution is -0.385. The summed E-state index contributed by atoms with van der Waals surface area (Å²) in [5.74, 6) is -1.81. The van der Waals surface area contributed by atoms with Gasteiger partial charge in [-0.15, -0.1) is 0 Å². The Labute approximate surface area is 171 Å². The van der Waals surface area contributed by atoms with E-state index in [1.54, 1.807) is 0 Å². The van der Waals surface area contributed by atoms with Crippen molar-refractivity contribution in [3.63, 3.8) is 0 Å². The van der Waals surface area contributed by atoms with E-state index >= 15 is 0 Å². The van der Waals surface area contributed by atoms with Crippen molar-refractivity contribution >= 4 is 17.6 Å². The monoisotopic (exact) mass is 416 g/mol. The van der Waals surface area contributed by atoms with Crippen LogP contribution in [-0.4, -0.2) is 59.7 Å². The van der Waals surface area contributed by atoms with Gasteiger partial charge < -0.3 is 24.2 Å². The minimum atomic E-state index is -1.25. The highest BCUT2D eigenvalue weighted by molar-refractivity contribution is 6.01. The number of hydrogen-bond donors (Lipinski definition) is 1. The van der Waals surface area contributed by atoms with Crippen LogP contribution in [0.5, 0.6) is 11.5 Å². The molecule has 3 rings (SSSR count). The first-order valence-electron chi connectivity index (χ1n) is 9.07. The van der Waals surface area contributed by atoms with Gasteiger partial charge in [0, 0.05) is 12.6 Å². The predicted molar refractivity (Wildman–Crippen MR) is 104 cm³/mol. The Balaban J connectivity index is 1.95. The first-order valence-corrected chi connectivity index (χ1v) is 9.07. The summed E-state index contributed by atoms with van der Waals surface area (Å²) in [5, 5.41) is 21.0. The fourth-order valence-corrected chi connectivity index (χ4v) is 3.09. The van der Waals surface area contributed by atoms with Crippen LogP contribution in [0.3, 0.4) is 0 Å². The molecule has 0 aliphatic carbocycles.